The number of benzene rings is 1. The number of aliphatic hydroxyl groups is 1. The van der Waals surface area contributed by atoms with E-state index in [-0.39, 0.29) is 11.4 Å². The summed E-state index contributed by atoms with van der Waals surface area (Å²) in [5.74, 6) is -0.0966. The number of rotatable bonds is 6. The molecule has 106 valence electrons. The second kappa shape index (κ2) is 5.56. The fourth-order valence-electron chi connectivity index (χ4n) is 1.93. The molecule has 0 radical (unpaired) electrons. The second-order valence-electron chi connectivity index (χ2n) is 5.00. The molecule has 6 heteroatoms. The number of hydrogen-bond acceptors (Lipinski definition) is 3. The van der Waals surface area contributed by atoms with Crippen LogP contribution in [0.3, 0.4) is 0 Å². The Kier molecular flexibility index (Phi) is 4.23. The third-order valence-electron chi connectivity index (χ3n) is 3.34. The van der Waals surface area contributed by atoms with Gasteiger partial charge in [0.05, 0.1) is 11.0 Å². The highest BCUT2D eigenvalue weighted by Gasteiger charge is 2.29. The van der Waals surface area contributed by atoms with Crippen molar-refractivity contribution >= 4 is 10.0 Å². The Hall–Kier alpha value is -0.980. The Labute approximate surface area is 112 Å². The molecular weight excluding hydrogens is 269 g/mol. The zero-order valence-electron chi connectivity index (χ0n) is 10.8. The Morgan fingerprint density at radius 3 is 2.74 bits per heavy atom. The summed E-state index contributed by atoms with van der Waals surface area (Å²) in [5.41, 5.74) is 0.292. The summed E-state index contributed by atoms with van der Waals surface area (Å²) in [6.07, 6.45) is 2.01. The van der Waals surface area contributed by atoms with E-state index in [4.69, 9.17) is 0 Å². The minimum atomic E-state index is -3.63. The van der Waals surface area contributed by atoms with Gasteiger partial charge in [-0.15, -0.1) is 0 Å². The van der Waals surface area contributed by atoms with Crippen molar-refractivity contribution < 1.29 is 17.9 Å². The zero-order chi connectivity index (χ0) is 14.0. The molecule has 4 nitrogen and oxygen atoms in total. The molecule has 0 aliphatic heterocycles. The van der Waals surface area contributed by atoms with Crippen LogP contribution in [0, 0.1) is 18.7 Å². The summed E-state index contributed by atoms with van der Waals surface area (Å²) in [6, 6.07) is 3.68. The van der Waals surface area contributed by atoms with Crippen LogP contribution in [0.4, 0.5) is 4.39 Å². The van der Waals surface area contributed by atoms with Gasteiger partial charge < -0.3 is 5.11 Å². The van der Waals surface area contributed by atoms with Crippen molar-refractivity contribution in [1.29, 1.82) is 0 Å². The normalized spacial score (nSPS) is 17.4. The maximum atomic E-state index is 13.1. The maximum absolute atomic E-state index is 13.1. The SMILES string of the molecule is Cc1cc(S(=O)(=O)NCC[C@@H](O)C2CC2)ccc1F. The van der Waals surface area contributed by atoms with Crippen LogP contribution in [0.25, 0.3) is 0 Å². The van der Waals surface area contributed by atoms with Crippen molar-refractivity contribution in [2.45, 2.75) is 37.2 Å². The predicted molar refractivity (Wildman–Crippen MR) is 69.7 cm³/mol. The van der Waals surface area contributed by atoms with Gasteiger partial charge in [0.1, 0.15) is 5.82 Å². The van der Waals surface area contributed by atoms with Gasteiger partial charge in [-0.1, -0.05) is 0 Å². The first-order valence-electron chi connectivity index (χ1n) is 6.34. The predicted octanol–water partition coefficient (Wildman–Crippen LogP) is 1.57. The molecule has 0 spiro atoms. The fraction of sp³-hybridized carbons (Fsp3) is 0.538. The van der Waals surface area contributed by atoms with Gasteiger partial charge in [-0.2, -0.15) is 0 Å². The minimum Gasteiger partial charge on any atom is -0.393 e. The summed E-state index contributed by atoms with van der Waals surface area (Å²) in [7, 11) is -3.63. The third-order valence-corrected chi connectivity index (χ3v) is 4.80. The molecule has 1 aromatic carbocycles. The van der Waals surface area contributed by atoms with E-state index in [2.05, 4.69) is 4.72 Å². The van der Waals surface area contributed by atoms with Crippen LogP contribution in [0.2, 0.25) is 0 Å². The van der Waals surface area contributed by atoms with Gasteiger partial charge in [0.2, 0.25) is 10.0 Å². The first kappa shape index (κ1) is 14.4. The average Bonchev–Trinajstić information content (AvgIpc) is 3.16. The van der Waals surface area contributed by atoms with Crippen LogP contribution in [0.5, 0.6) is 0 Å². The van der Waals surface area contributed by atoms with Crippen molar-refractivity contribution in [3.8, 4) is 0 Å². The molecule has 0 aromatic heterocycles. The molecule has 1 aliphatic rings. The first-order valence-corrected chi connectivity index (χ1v) is 7.82. The topological polar surface area (TPSA) is 66.4 Å². The second-order valence-corrected chi connectivity index (χ2v) is 6.77. The van der Waals surface area contributed by atoms with E-state index in [1.54, 1.807) is 0 Å². The van der Waals surface area contributed by atoms with Crippen molar-refractivity contribution in [3.63, 3.8) is 0 Å². The Morgan fingerprint density at radius 1 is 1.47 bits per heavy atom. The highest BCUT2D eigenvalue weighted by Crippen LogP contribution is 2.33. The average molecular weight is 287 g/mol. The highest BCUT2D eigenvalue weighted by atomic mass is 32.2. The molecule has 0 bridgehead atoms. The van der Waals surface area contributed by atoms with Crippen LogP contribution in [0.1, 0.15) is 24.8 Å². The van der Waals surface area contributed by atoms with Crippen molar-refractivity contribution in [3.05, 3.63) is 29.6 Å². The molecule has 1 fully saturated rings. The number of nitrogens with one attached hydrogen (secondary N) is 1. The van der Waals surface area contributed by atoms with Crippen LogP contribution in [-0.2, 0) is 10.0 Å². The van der Waals surface area contributed by atoms with Crippen LogP contribution >= 0.6 is 0 Å². The Morgan fingerprint density at radius 2 is 2.16 bits per heavy atom. The van der Waals surface area contributed by atoms with E-state index in [0.717, 1.165) is 18.9 Å². The van der Waals surface area contributed by atoms with Crippen molar-refractivity contribution in [2.24, 2.45) is 5.92 Å². The van der Waals surface area contributed by atoms with Gasteiger partial charge in [-0.3, -0.25) is 0 Å². The molecule has 1 saturated carbocycles. The van der Waals surface area contributed by atoms with Gasteiger partial charge in [-0.25, -0.2) is 17.5 Å². The van der Waals surface area contributed by atoms with Gasteiger partial charge in [0.15, 0.2) is 0 Å². The highest BCUT2D eigenvalue weighted by molar-refractivity contribution is 7.89. The molecule has 0 amide bonds. The van der Waals surface area contributed by atoms with E-state index in [0.29, 0.717) is 17.9 Å². The quantitative estimate of drug-likeness (QED) is 0.834. The van der Waals surface area contributed by atoms with Crippen LogP contribution < -0.4 is 4.72 Å². The largest absolute Gasteiger partial charge is 0.393 e. The third kappa shape index (κ3) is 3.75. The lowest BCUT2D eigenvalue weighted by Crippen LogP contribution is -2.28. The molecule has 19 heavy (non-hydrogen) atoms. The monoisotopic (exact) mass is 287 g/mol. The summed E-state index contributed by atoms with van der Waals surface area (Å²) in [4.78, 5) is 0.0484. The lowest BCUT2D eigenvalue weighted by Gasteiger charge is -2.11. The fourth-order valence-corrected chi connectivity index (χ4v) is 3.06. The Balaban J connectivity index is 1.95. The van der Waals surface area contributed by atoms with Crippen LogP contribution in [-0.4, -0.2) is 26.2 Å². The first-order chi connectivity index (χ1) is 8.90. The van der Waals surface area contributed by atoms with Gasteiger partial charge in [0.25, 0.3) is 0 Å². The molecular formula is C13H18FNO3S. The van der Waals surface area contributed by atoms with E-state index in [1.807, 2.05) is 0 Å². The molecule has 2 rings (SSSR count). The summed E-state index contributed by atoms with van der Waals surface area (Å²) in [5, 5.41) is 9.65. The molecule has 1 atom stereocenters. The van der Waals surface area contributed by atoms with E-state index in [1.165, 1.54) is 19.1 Å². The summed E-state index contributed by atoms with van der Waals surface area (Å²) < 4.78 is 39.4. The minimum absolute atomic E-state index is 0.0484. The van der Waals surface area contributed by atoms with E-state index < -0.39 is 21.9 Å². The van der Waals surface area contributed by atoms with Gasteiger partial charge in [0, 0.05) is 6.54 Å². The number of aliphatic hydroxyl groups excluding tert-OH is 1. The summed E-state index contributed by atoms with van der Waals surface area (Å²) in [6.45, 7) is 1.71. The standard InChI is InChI=1S/C13H18FNO3S/c1-9-8-11(4-5-12(9)14)19(17,18)15-7-6-13(16)10-2-3-10/h4-5,8,10,13,15-16H,2-3,6-7H2,1H3/t13-/m1/s1. The maximum Gasteiger partial charge on any atom is 0.240 e. The molecule has 2 N–H and O–H groups in total. The van der Waals surface area contributed by atoms with Gasteiger partial charge >= 0.3 is 0 Å². The Bertz CT molecular complexity index is 555. The molecule has 0 unspecified atom stereocenters. The molecule has 1 aromatic rings. The number of halogens is 1. The van der Waals surface area contributed by atoms with Crippen LogP contribution in [0.15, 0.2) is 23.1 Å². The lowest BCUT2D eigenvalue weighted by molar-refractivity contribution is 0.143. The van der Waals surface area contributed by atoms with E-state index in [9.17, 15) is 17.9 Å². The van der Waals surface area contributed by atoms with Crippen molar-refractivity contribution in [2.75, 3.05) is 6.54 Å². The van der Waals surface area contributed by atoms with Crippen molar-refractivity contribution in [1.82, 2.24) is 4.72 Å². The number of aryl methyl sites for hydroxylation is 1. The lowest BCUT2D eigenvalue weighted by atomic mass is 10.2. The smallest absolute Gasteiger partial charge is 0.240 e. The zero-order valence-corrected chi connectivity index (χ0v) is 11.6. The number of sulfonamides is 1. The summed E-state index contributed by atoms with van der Waals surface area (Å²) >= 11 is 0. The molecule has 0 saturated heterocycles. The van der Waals surface area contributed by atoms with E-state index >= 15 is 0 Å². The molecule has 0 heterocycles. The number of hydrogen-bond donors (Lipinski definition) is 2. The van der Waals surface area contributed by atoms with Gasteiger partial charge in [-0.05, 0) is 55.9 Å². The molecule has 1 aliphatic carbocycles.